The molecule has 7 nitrogen and oxygen atoms in total. The predicted molar refractivity (Wildman–Crippen MR) is 128 cm³/mol. The Morgan fingerprint density at radius 2 is 1.30 bits per heavy atom. The summed E-state index contributed by atoms with van der Waals surface area (Å²) >= 11 is 5.96. The first-order chi connectivity index (χ1) is 14.9. The number of benzene rings is 2. The van der Waals surface area contributed by atoms with Crippen LogP contribution < -0.4 is 4.74 Å². The van der Waals surface area contributed by atoms with E-state index in [0.29, 0.717) is 7.14 Å². The van der Waals surface area contributed by atoms with Gasteiger partial charge in [0.1, 0.15) is 0 Å². The monoisotopic (exact) mass is 832 g/mol. The van der Waals surface area contributed by atoms with Gasteiger partial charge in [-0.05, 0) is 104 Å². The maximum Gasteiger partial charge on any atom is 0.432 e. The molecule has 0 saturated carbocycles. The van der Waals surface area contributed by atoms with E-state index in [4.69, 9.17) is 9.29 Å². The van der Waals surface area contributed by atoms with Crippen molar-refractivity contribution in [3.05, 3.63) is 58.2 Å². The second kappa shape index (κ2) is 10.4. The van der Waals surface area contributed by atoms with Gasteiger partial charge >= 0.3 is 33.5 Å². The molecule has 0 aliphatic rings. The zero-order valence-corrected chi connectivity index (χ0v) is 22.7. The number of hydrogen-bond acceptors (Lipinski definition) is 6. The van der Waals surface area contributed by atoms with Gasteiger partial charge in [0.15, 0.2) is 5.75 Å². The zero-order chi connectivity index (χ0) is 25.4. The lowest BCUT2D eigenvalue weighted by molar-refractivity contribution is -0.248. The molecule has 180 valence electrons. The Kier molecular flexibility index (Phi) is 8.94. The van der Waals surface area contributed by atoms with Crippen molar-refractivity contribution < 1.29 is 54.0 Å². The maximum atomic E-state index is 13.5. The second-order valence-corrected chi connectivity index (χ2v) is 11.1. The van der Waals surface area contributed by atoms with Gasteiger partial charge in [-0.15, -0.1) is 0 Å². The van der Waals surface area contributed by atoms with Crippen molar-refractivity contribution in [1.82, 2.24) is 0 Å². The smallest absolute Gasteiger partial charge is 0.432 e. The molecule has 0 heterocycles. The highest BCUT2D eigenvalue weighted by Crippen LogP contribution is 2.38. The predicted octanol–water partition coefficient (Wildman–Crippen LogP) is 5.29. The van der Waals surface area contributed by atoms with Gasteiger partial charge in [-0.1, -0.05) is 0 Å². The Hall–Kier alpha value is -0.870. The van der Waals surface area contributed by atoms with Crippen molar-refractivity contribution in [3.63, 3.8) is 0 Å². The molecule has 0 radical (unpaired) electrons. The number of alkyl halides is 5. The second-order valence-electron chi connectivity index (χ2n) is 6.03. The lowest BCUT2D eigenvalue weighted by Crippen LogP contribution is -2.52. The van der Waals surface area contributed by atoms with E-state index in [9.17, 15) is 40.0 Å². The van der Waals surface area contributed by atoms with Crippen LogP contribution in [0.1, 0.15) is 20.7 Å². The summed E-state index contributed by atoms with van der Waals surface area (Å²) in [5.41, 5.74) is -0.835. The molecule has 0 aliphatic carbocycles. The van der Waals surface area contributed by atoms with Crippen molar-refractivity contribution in [3.8, 4) is 5.75 Å². The molecule has 0 bridgehead atoms. The molecule has 0 aliphatic heterocycles. The highest BCUT2D eigenvalue weighted by Gasteiger charge is 2.66. The van der Waals surface area contributed by atoms with Crippen molar-refractivity contribution in [1.29, 1.82) is 0 Å². The maximum absolute atomic E-state index is 13.5. The van der Waals surface area contributed by atoms with Crippen LogP contribution in [-0.4, -0.2) is 42.4 Å². The normalized spacial score (nSPS) is 13.4. The number of carbonyl (C=O) groups is 2. The minimum Gasteiger partial charge on any atom is -0.441 e. The van der Waals surface area contributed by atoms with Crippen LogP contribution in [0.5, 0.6) is 5.75 Å². The summed E-state index contributed by atoms with van der Waals surface area (Å²) in [5, 5.41) is -5.85. The molecule has 1 unspecified atom stereocenters. The van der Waals surface area contributed by atoms with E-state index in [2.05, 4.69) is 27.3 Å². The third-order valence-electron chi connectivity index (χ3n) is 3.69. The number of rotatable bonds is 6. The minimum atomic E-state index is -6.56. The first kappa shape index (κ1) is 28.4. The summed E-state index contributed by atoms with van der Waals surface area (Å²) in [6.45, 7) is 0. The number of halogens is 8. The third-order valence-corrected chi connectivity index (χ3v) is 6.81. The van der Waals surface area contributed by atoms with Crippen molar-refractivity contribution in [2.24, 2.45) is 0 Å². The van der Waals surface area contributed by atoms with Crippen LogP contribution in [-0.2, 0) is 14.9 Å². The van der Waals surface area contributed by atoms with Crippen molar-refractivity contribution in [2.75, 3.05) is 0 Å². The van der Waals surface area contributed by atoms with Gasteiger partial charge in [-0.2, -0.15) is 30.4 Å². The van der Waals surface area contributed by atoms with Crippen LogP contribution in [0.4, 0.5) is 22.0 Å². The minimum absolute atomic E-state index is 0.132. The molecule has 33 heavy (non-hydrogen) atoms. The molecule has 0 spiro atoms. The molecular weight excluding hydrogens is 824 g/mol. The largest absolute Gasteiger partial charge is 0.441 e. The molecule has 1 N–H and O–H groups in total. The SMILES string of the molecule is O=C(Oc1c(I)cc(I)cc1I)c1ccc(C(=O)OC(C(F)(F)F)C(F)(F)S(=O)(=O)O)cc1. The summed E-state index contributed by atoms with van der Waals surface area (Å²) in [6.07, 6.45) is -10.5. The van der Waals surface area contributed by atoms with Crippen LogP contribution in [0.3, 0.4) is 0 Å². The van der Waals surface area contributed by atoms with Gasteiger partial charge in [0.2, 0.25) is 0 Å². The first-order valence-electron chi connectivity index (χ1n) is 8.04. The van der Waals surface area contributed by atoms with E-state index in [1.807, 2.05) is 45.2 Å². The number of hydrogen-bond donors (Lipinski definition) is 1. The van der Waals surface area contributed by atoms with Crippen LogP contribution in [0.15, 0.2) is 36.4 Å². The molecule has 0 saturated heterocycles. The summed E-state index contributed by atoms with van der Waals surface area (Å²) in [4.78, 5) is 24.3. The van der Waals surface area contributed by atoms with Crippen molar-refractivity contribution in [2.45, 2.75) is 17.5 Å². The fourth-order valence-electron chi connectivity index (χ4n) is 2.16. The number of ether oxygens (including phenoxy) is 2. The highest BCUT2D eigenvalue weighted by atomic mass is 127. The van der Waals surface area contributed by atoms with E-state index >= 15 is 0 Å². The Balaban J connectivity index is 2.23. The summed E-state index contributed by atoms with van der Waals surface area (Å²) in [7, 11) is -6.56. The fraction of sp³-hybridized carbons (Fsp3) is 0.176. The van der Waals surface area contributed by atoms with E-state index in [1.54, 1.807) is 12.1 Å². The van der Waals surface area contributed by atoms with E-state index in [0.717, 1.165) is 27.8 Å². The Morgan fingerprint density at radius 1 is 0.879 bits per heavy atom. The van der Waals surface area contributed by atoms with Crippen LogP contribution in [0.2, 0.25) is 0 Å². The highest BCUT2D eigenvalue weighted by molar-refractivity contribution is 14.1. The Labute approximate surface area is 223 Å². The number of esters is 2. The van der Waals surface area contributed by atoms with Crippen LogP contribution in [0.25, 0.3) is 0 Å². The molecule has 2 aromatic carbocycles. The van der Waals surface area contributed by atoms with Gasteiger partial charge in [-0.25, -0.2) is 9.59 Å². The van der Waals surface area contributed by atoms with Gasteiger partial charge in [0.25, 0.3) is 6.10 Å². The fourth-order valence-corrected chi connectivity index (χ4v) is 6.41. The van der Waals surface area contributed by atoms with Crippen LogP contribution in [0, 0.1) is 10.7 Å². The average molecular weight is 832 g/mol. The van der Waals surface area contributed by atoms with E-state index in [1.165, 1.54) is 0 Å². The topological polar surface area (TPSA) is 107 Å². The van der Waals surface area contributed by atoms with Crippen LogP contribution >= 0.6 is 67.8 Å². The van der Waals surface area contributed by atoms with Gasteiger partial charge < -0.3 is 9.47 Å². The van der Waals surface area contributed by atoms with Gasteiger partial charge in [0, 0.05) is 3.57 Å². The molecule has 1 atom stereocenters. The quantitative estimate of drug-likeness (QED) is 0.139. The van der Waals surface area contributed by atoms with E-state index in [-0.39, 0.29) is 11.3 Å². The molecule has 2 rings (SSSR count). The lowest BCUT2D eigenvalue weighted by Gasteiger charge is -2.26. The zero-order valence-electron chi connectivity index (χ0n) is 15.4. The molecular formula is C17H8F5I3O7S. The molecule has 0 aromatic heterocycles. The third kappa shape index (κ3) is 6.84. The number of carbonyl (C=O) groups excluding carboxylic acids is 2. The Bertz CT molecular complexity index is 1160. The lowest BCUT2D eigenvalue weighted by atomic mass is 10.1. The Morgan fingerprint density at radius 3 is 1.70 bits per heavy atom. The summed E-state index contributed by atoms with van der Waals surface area (Å²) in [6, 6.07) is 7.00. The van der Waals surface area contributed by atoms with Crippen molar-refractivity contribution >= 4 is 89.8 Å². The molecule has 0 fully saturated rings. The summed E-state index contributed by atoms with van der Waals surface area (Å²) < 4.78 is 107. The average Bonchev–Trinajstić information content (AvgIpc) is 2.66. The molecule has 2 aromatic rings. The molecule has 16 heteroatoms. The standard InChI is InChI=1S/C17H8F5I3O7S/c18-16(19,20)15(17(21,22)33(28,29)30)32-14(27)8-3-1-7(2-4-8)13(26)31-12-10(24)5-9(23)6-11(12)25/h1-6,15H,(H,28,29,30). The van der Waals surface area contributed by atoms with E-state index < -0.39 is 45.2 Å². The van der Waals surface area contributed by atoms with Gasteiger partial charge in [-0.3, -0.25) is 4.55 Å². The summed E-state index contributed by atoms with van der Waals surface area (Å²) in [5.74, 6) is -2.59. The van der Waals surface area contributed by atoms with Gasteiger partial charge in [0.05, 0.1) is 18.3 Å². The molecule has 0 amide bonds. The first-order valence-corrected chi connectivity index (χ1v) is 12.7.